The fraction of sp³-hybridized carbons (Fsp3) is 0.611. The number of hydrogen-bond donors (Lipinski definition) is 1. The molecule has 0 spiro atoms. The molecular weight excluding hydrogens is 298 g/mol. The molecule has 4 heteroatoms. The summed E-state index contributed by atoms with van der Waals surface area (Å²) < 4.78 is 5.50. The third kappa shape index (κ3) is 3.31. The lowest BCUT2D eigenvalue weighted by Crippen LogP contribution is -2.45. The van der Waals surface area contributed by atoms with Crippen LogP contribution in [0.25, 0.3) is 0 Å². The van der Waals surface area contributed by atoms with E-state index in [1.165, 1.54) is 0 Å². The fourth-order valence-electron chi connectivity index (χ4n) is 3.79. The molecule has 0 bridgehead atoms. The molecule has 3 nitrogen and oxygen atoms in total. The number of hydrogen-bond acceptors (Lipinski definition) is 2. The predicted molar refractivity (Wildman–Crippen MR) is 88.2 cm³/mol. The van der Waals surface area contributed by atoms with Crippen LogP contribution in [0.3, 0.4) is 0 Å². The zero-order valence-corrected chi connectivity index (χ0v) is 13.7. The second-order valence-electron chi connectivity index (χ2n) is 6.59. The first-order valence-corrected chi connectivity index (χ1v) is 8.71. The largest absolute Gasteiger partial charge is 0.381 e. The first kappa shape index (κ1) is 15.8. The van der Waals surface area contributed by atoms with Gasteiger partial charge in [0.1, 0.15) is 0 Å². The molecule has 0 radical (unpaired) electrons. The molecule has 22 heavy (non-hydrogen) atoms. The number of benzene rings is 1. The van der Waals surface area contributed by atoms with Gasteiger partial charge in [-0.2, -0.15) is 0 Å². The van der Waals surface area contributed by atoms with Gasteiger partial charge in [-0.15, -0.1) is 0 Å². The molecule has 1 saturated carbocycles. The van der Waals surface area contributed by atoms with Gasteiger partial charge in [-0.25, -0.2) is 0 Å². The van der Waals surface area contributed by atoms with E-state index in [9.17, 15) is 4.79 Å². The number of nitrogens with one attached hydrogen (secondary N) is 1. The van der Waals surface area contributed by atoms with Gasteiger partial charge in [-0.3, -0.25) is 4.79 Å². The molecule has 2 aliphatic rings. The van der Waals surface area contributed by atoms with Crippen LogP contribution >= 0.6 is 11.6 Å². The smallest absolute Gasteiger partial charge is 0.230 e. The van der Waals surface area contributed by atoms with Crippen LogP contribution in [0.15, 0.2) is 24.3 Å². The first-order chi connectivity index (χ1) is 10.7. The molecule has 120 valence electrons. The Morgan fingerprint density at radius 3 is 2.82 bits per heavy atom. The Morgan fingerprint density at radius 1 is 1.32 bits per heavy atom. The van der Waals surface area contributed by atoms with Crippen LogP contribution in [0, 0.1) is 5.92 Å². The molecule has 1 aromatic rings. The van der Waals surface area contributed by atoms with Crippen molar-refractivity contribution in [3.63, 3.8) is 0 Å². The quantitative estimate of drug-likeness (QED) is 0.918. The van der Waals surface area contributed by atoms with Crippen LogP contribution in [0.1, 0.15) is 44.1 Å². The monoisotopic (exact) mass is 321 g/mol. The summed E-state index contributed by atoms with van der Waals surface area (Å²) in [6, 6.07) is 7.81. The molecule has 1 aromatic carbocycles. The van der Waals surface area contributed by atoms with Crippen molar-refractivity contribution >= 4 is 17.5 Å². The van der Waals surface area contributed by atoms with E-state index < -0.39 is 0 Å². The van der Waals surface area contributed by atoms with Crippen molar-refractivity contribution in [1.82, 2.24) is 5.32 Å². The average Bonchev–Trinajstić information content (AvgIpc) is 3.05. The van der Waals surface area contributed by atoms with Crippen LogP contribution in [0.5, 0.6) is 0 Å². The summed E-state index contributed by atoms with van der Waals surface area (Å²) in [5.74, 6) is 0.619. The molecule has 1 aliphatic heterocycles. The minimum Gasteiger partial charge on any atom is -0.381 e. The minimum atomic E-state index is -0.388. The lowest BCUT2D eigenvalue weighted by atomic mass is 9.78. The van der Waals surface area contributed by atoms with Gasteiger partial charge >= 0.3 is 0 Å². The summed E-state index contributed by atoms with van der Waals surface area (Å²) >= 11 is 6.14. The summed E-state index contributed by atoms with van der Waals surface area (Å²) in [6.07, 6.45) is 6.28. The molecule has 3 rings (SSSR count). The van der Waals surface area contributed by atoms with E-state index in [0.717, 1.165) is 63.8 Å². The molecule has 1 heterocycles. The Hall–Kier alpha value is -1.06. The number of ether oxygens (including phenoxy) is 1. The Labute approximate surface area is 137 Å². The van der Waals surface area contributed by atoms with Gasteiger partial charge in [-0.1, -0.05) is 36.6 Å². The highest BCUT2D eigenvalue weighted by Gasteiger charge is 2.42. The van der Waals surface area contributed by atoms with Crippen LogP contribution in [-0.4, -0.2) is 25.7 Å². The second kappa shape index (κ2) is 7.01. The number of halogens is 1. The van der Waals surface area contributed by atoms with Crippen molar-refractivity contribution in [3.8, 4) is 0 Å². The normalized spacial score (nSPS) is 24.1. The van der Waals surface area contributed by atoms with E-state index in [2.05, 4.69) is 5.32 Å². The van der Waals surface area contributed by atoms with Gasteiger partial charge in [0, 0.05) is 18.2 Å². The molecule has 1 atom stereocenters. The highest BCUT2D eigenvalue weighted by Crippen LogP contribution is 2.42. The van der Waals surface area contributed by atoms with E-state index >= 15 is 0 Å². The zero-order valence-electron chi connectivity index (χ0n) is 12.9. The molecule has 1 saturated heterocycles. The predicted octanol–water partition coefficient (Wildman–Crippen LogP) is 3.69. The Bertz CT molecular complexity index is 520. The molecular formula is C18H24ClNO2. The highest BCUT2D eigenvalue weighted by molar-refractivity contribution is 6.30. The lowest BCUT2D eigenvalue weighted by Gasteiger charge is -2.30. The van der Waals surface area contributed by atoms with E-state index in [1.54, 1.807) is 0 Å². The SMILES string of the molecule is O=C(NC[C@H]1CCCOC1)C1(c2cccc(Cl)c2)CCCC1. The van der Waals surface area contributed by atoms with Gasteiger partial charge < -0.3 is 10.1 Å². The maximum Gasteiger partial charge on any atom is 0.230 e. The van der Waals surface area contributed by atoms with Crippen molar-refractivity contribution in [3.05, 3.63) is 34.9 Å². The van der Waals surface area contributed by atoms with Crippen molar-refractivity contribution in [2.24, 2.45) is 5.92 Å². The second-order valence-corrected chi connectivity index (χ2v) is 7.03. The van der Waals surface area contributed by atoms with Crippen LogP contribution < -0.4 is 5.32 Å². The van der Waals surface area contributed by atoms with Crippen molar-refractivity contribution in [2.75, 3.05) is 19.8 Å². The van der Waals surface area contributed by atoms with Crippen molar-refractivity contribution in [2.45, 2.75) is 43.9 Å². The maximum absolute atomic E-state index is 12.9. The standard InChI is InChI=1S/C18H24ClNO2/c19-16-7-3-6-15(11-16)18(8-1-2-9-18)17(21)20-12-14-5-4-10-22-13-14/h3,6-7,11,14H,1-2,4-5,8-10,12-13H2,(H,20,21)/t14-/m1/s1. The average molecular weight is 322 g/mol. The van der Waals surface area contributed by atoms with E-state index in [0.29, 0.717) is 10.9 Å². The van der Waals surface area contributed by atoms with Gasteiger partial charge in [0.2, 0.25) is 5.91 Å². The summed E-state index contributed by atoms with van der Waals surface area (Å²) in [7, 11) is 0. The van der Waals surface area contributed by atoms with E-state index in [1.807, 2.05) is 24.3 Å². The first-order valence-electron chi connectivity index (χ1n) is 8.33. The summed E-state index contributed by atoms with van der Waals surface area (Å²) in [5.41, 5.74) is 0.676. The van der Waals surface area contributed by atoms with Gasteiger partial charge in [0.05, 0.1) is 12.0 Å². The number of amides is 1. The molecule has 1 amide bonds. The summed E-state index contributed by atoms with van der Waals surface area (Å²) in [6.45, 7) is 2.35. The summed E-state index contributed by atoms with van der Waals surface area (Å²) in [4.78, 5) is 12.9. The van der Waals surface area contributed by atoms with E-state index in [4.69, 9.17) is 16.3 Å². The Morgan fingerprint density at radius 2 is 2.14 bits per heavy atom. The van der Waals surface area contributed by atoms with Crippen molar-refractivity contribution < 1.29 is 9.53 Å². The third-order valence-corrected chi connectivity index (χ3v) is 5.31. The number of rotatable bonds is 4. The topological polar surface area (TPSA) is 38.3 Å². The lowest BCUT2D eigenvalue weighted by molar-refractivity contribution is -0.127. The Balaban J connectivity index is 1.71. The van der Waals surface area contributed by atoms with Gasteiger partial charge in [0.15, 0.2) is 0 Å². The molecule has 0 aromatic heterocycles. The zero-order chi connectivity index (χ0) is 15.4. The molecule has 2 fully saturated rings. The van der Waals surface area contributed by atoms with Crippen molar-refractivity contribution in [1.29, 1.82) is 0 Å². The number of carbonyl (C=O) groups is 1. The Kier molecular flexibility index (Phi) is 5.04. The maximum atomic E-state index is 12.9. The molecule has 0 unspecified atom stereocenters. The van der Waals surface area contributed by atoms with Crippen LogP contribution in [0.2, 0.25) is 5.02 Å². The van der Waals surface area contributed by atoms with Gasteiger partial charge in [0.25, 0.3) is 0 Å². The fourth-order valence-corrected chi connectivity index (χ4v) is 3.98. The number of carbonyl (C=O) groups excluding carboxylic acids is 1. The van der Waals surface area contributed by atoms with Crippen LogP contribution in [0.4, 0.5) is 0 Å². The molecule has 1 N–H and O–H groups in total. The molecule has 1 aliphatic carbocycles. The minimum absolute atomic E-state index is 0.165. The summed E-state index contributed by atoms with van der Waals surface area (Å²) in [5, 5.41) is 3.90. The van der Waals surface area contributed by atoms with Gasteiger partial charge in [-0.05, 0) is 49.3 Å². The highest BCUT2D eigenvalue weighted by atomic mass is 35.5. The van der Waals surface area contributed by atoms with Crippen LogP contribution in [-0.2, 0) is 14.9 Å². The van der Waals surface area contributed by atoms with E-state index in [-0.39, 0.29) is 11.3 Å². The third-order valence-electron chi connectivity index (χ3n) is 5.07.